The van der Waals surface area contributed by atoms with Crippen LogP contribution in [0.15, 0.2) is 47.8 Å². The molecule has 7 nitrogen and oxygen atoms in total. The van der Waals surface area contributed by atoms with Crippen molar-refractivity contribution in [2.24, 2.45) is 7.05 Å². The Balaban J connectivity index is 1.57. The van der Waals surface area contributed by atoms with Crippen LogP contribution in [0.2, 0.25) is 0 Å². The minimum absolute atomic E-state index is 0.0696. The highest BCUT2D eigenvalue weighted by molar-refractivity contribution is 7.99. The third-order valence-corrected chi connectivity index (χ3v) is 6.00. The number of ether oxygens (including phenoxy) is 2. The first-order chi connectivity index (χ1) is 14.2. The number of thioether (sulfide) groups is 1. The smallest absolute Gasteiger partial charge is 0.192 e. The molecule has 3 heterocycles. The molecule has 0 aliphatic carbocycles. The molecule has 4 rings (SSSR count). The molecule has 1 aromatic carbocycles. The van der Waals surface area contributed by atoms with Crippen LogP contribution >= 0.6 is 11.8 Å². The second-order valence-electron chi connectivity index (χ2n) is 7.00. The number of ketones is 1. The SMILES string of the molecule is COc1ccc(-c2nnc(SCC(=O)c3cccn3C)n2CC2CCCO2)cc1. The molecule has 0 spiro atoms. The highest BCUT2D eigenvalue weighted by Gasteiger charge is 2.22. The first kappa shape index (κ1) is 19.7. The van der Waals surface area contributed by atoms with Crippen LogP contribution in [0, 0.1) is 0 Å². The van der Waals surface area contributed by atoms with E-state index in [1.54, 1.807) is 7.11 Å². The van der Waals surface area contributed by atoms with Crippen molar-refractivity contribution >= 4 is 17.5 Å². The first-order valence-corrected chi connectivity index (χ1v) is 10.6. The maximum Gasteiger partial charge on any atom is 0.192 e. The molecule has 1 saturated heterocycles. The highest BCUT2D eigenvalue weighted by atomic mass is 32.2. The van der Waals surface area contributed by atoms with E-state index in [-0.39, 0.29) is 11.9 Å². The fourth-order valence-electron chi connectivity index (χ4n) is 3.46. The van der Waals surface area contributed by atoms with Gasteiger partial charge in [0.05, 0.1) is 31.2 Å². The van der Waals surface area contributed by atoms with Crippen molar-refractivity contribution in [1.82, 2.24) is 19.3 Å². The zero-order valence-electron chi connectivity index (χ0n) is 16.6. The summed E-state index contributed by atoms with van der Waals surface area (Å²) in [4.78, 5) is 12.6. The largest absolute Gasteiger partial charge is 0.497 e. The molecule has 1 atom stereocenters. The molecule has 8 heteroatoms. The summed E-state index contributed by atoms with van der Waals surface area (Å²) in [5.41, 5.74) is 1.65. The fraction of sp³-hybridized carbons (Fsp3) is 0.381. The summed E-state index contributed by atoms with van der Waals surface area (Å²) in [5, 5.41) is 9.53. The van der Waals surface area contributed by atoms with Crippen LogP contribution in [-0.4, -0.2) is 50.7 Å². The van der Waals surface area contributed by atoms with Gasteiger partial charge in [-0.15, -0.1) is 10.2 Å². The topological polar surface area (TPSA) is 71.2 Å². The molecule has 0 bridgehead atoms. The first-order valence-electron chi connectivity index (χ1n) is 9.62. The van der Waals surface area contributed by atoms with E-state index in [0.717, 1.165) is 41.7 Å². The zero-order chi connectivity index (χ0) is 20.2. The Kier molecular flexibility index (Phi) is 6.01. The molecule has 3 aromatic rings. The van der Waals surface area contributed by atoms with Gasteiger partial charge < -0.3 is 14.0 Å². The summed E-state index contributed by atoms with van der Waals surface area (Å²) >= 11 is 1.41. The Morgan fingerprint density at radius 2 is 2.10 bits per heavy atom. The second kappa shape index (κ2) is 8.84. The number of benzene rings is 1. The zero-order valence-corrected chi connectivity index (χ0v) is 17.4. The molecule has 1 aliphatic rings. The number of methoxy groups -OCH3 is 1. The standard InChI is InChI=1S/C21H24N4O3S/c1-24-11-3-6-18(24)19(26)14-29-21-23-22-20(15-7-9-16(27-2)10-8-15)25(21)13-17-5-4-12-28-17/h3,6-11,17H,4-5,12-14H2,1-2H3. The monoisotopic (exact) mass is 412 g/mol. The molecule has 1 aliphatic heterocycles. The van der Waals surface area contributed by atoms with E-state index >= 15 is 0 Å². The number of aryl methyl sites for hydroxylation is 1. The van der Waals surface area contributed by atoms with Crippen LogP contribution in [0.3, 0.4) is 0 Å². The molecule has 0 radical (unpaired) electrons. The van der Waals surface area contributed by atoms with E-state index in [9.17, 15) is 4.79 Å². The van der Waals surface area contributed by atoms with Gasteiger partial charge in [0, 0.05) is 25.4 Å². The van der Waals surface area contributed by atoms with Crippen LogP contribution in [0.25, 0.3) is 11.4 Å². The van der Waals surface area contributed by atoms with Crippen molar-refractivity contribution in [3.8, 4) is 17.1 Å². The quantitative estimate of drug-likeness (QED) is 0.417. The van der Waals surface area contributed by atoms with Gasteiger partial charge in [0.2, 0.25) is 0 Å². The van der Waals surface area contributed by atoms with E-state index in [0.29, 0.717) is 18.0 Å². The summed E-state index contributed by atoms with van der Waals surface area (Å²) in [6.07, 6.45) is 4.11. The molecule has 0 N–H and O–H groups in total. The fourth-order valence-corrected chi connectivity index (χ4v) is 4.28. The average Bonchev–Trinajstić information content (AvgIpc) is 3.49. The van der Waals surface area contributed by atoms with Crippen molar-refractivity contribution in [3.63, 3.8) is 0 Å². The Labute approximate surface area is 174 Å². The number of hydrogen-bond donors (Lipinski definition) is 0. The van der Waals surface area contributed by atoms with E-state index in [4.69, 9.17) is 9.47 Å². The van der Waals surface area contributed by atoms with Gasteiger partial charge in [-0.25, -0.2) is 0 Å². The molecule has 2 aromatic heterocycles. The van der Waals surface area contributed by atoms with Gasteiger partial charge in [0.25, 0.3) is 0 Å². The van der Waals surface area contributed by atoms with E-state index < -0.39 is 0 Å². The van der Waals surface area contributed by atoms with Crippen LogP contribution in [0.4, 0.5) is 0 Å². The molecular formula is C21H24N4O3S. The minimum Gasteiger partial charge on any atom is -0.497 e. The van der Waals surface area contributed by atoms with Gasteiger partial charge in [-0.1, -0.05) is 11.8 Å². The lowest BCUT2D eigenvalue weighted by atomic mass is 10.2. The van der Waals surface area contributed by atoms with Gasteiger partial charge in [0.15, 0.2) is 16.8 Å². The molecule has 29 heavy (non-hydrogen) atoms. The van der Waals surface area contributed by atoms with Crippen molar-refractivity contribution in [2.45, 2.75) is 30.6 Å². The van der Waals surface area contributed by atoms with E-state index in [1.165, 1.54) is 11.8 Å². The number of nitrogens with zero attached hydrogens (tertiary/aromatic N) is 4. The minimum atomic E-state index is 0.0696. The van der Waals surface area contributed by atoms with Gasteiger partial charge in [-0.3, -0.25) is 9.36 Å². The van der Waals surface area contributed by atoms with Gasteiger partial charge >= 0.3 is 0 Å². The maximum atomic E-state index is 12.6. The summed E-state index contributed by atoms with van der Waals surface area (Å²) in [6, 6.07) is 11.5. The lowest BCUT2D eigenvalue weighted by molar-refractivity contribution is 0.0953. The summed E-state index contributed by atoms with van der Waals surface area (Å²) in [7, 11) is 3.52. The number of Topliss-reactive ketones (excluding diaryl/α,β-unsaturated/α-hetero) is 1. The number of carbonyl (C=O) groups is 1. The summed E-state index contributed by atoms with van der Waals surface area (Å²) in [6.45, 7) is 1.47. The third-order valence-electron chi connectivity index (χ3n) is 5.04. The molecule has 0 saturated carbocycles. The maximum absolute atomic E-state index is 12.6. The van der Waals surface area contributed by atoms with Crippen LogP contribution in [0.5, 0.6) is 5.75 Å². The normalized spacial score (nSPS) is 16.3. The molecule has 152 valence electrons. The predicted molar refractivity (Wildman–Crippen MR) is 111 cm³/mol. The lowest BCUT2D eigenvalue weighted by Crippen LogP contribution is -2.17. The van der Waals surface area contributed by atoms with Crippen molar-refractivity contribution in [3.05, 3.63) is 48.3 Å². The average molecular weight is 413 g/mol. The third kappa shape index (κ3) is 4.38. The van der Waals surface area contributed by atoms with Gasteiger partial charge in [0.1, 0.15) is 5.75 Å². The number of rotatable bonds is 8. The van der Waals surface area contributed by atoms with Crippen molar-refractivity contribution in [2.75, 3.05) is 19.5 Å². The lowest BCUT2D eigenvalue weighted by Gasteiger charge is -2.15. The Hall–Kier alpha value is -2.58. The molecule has 0 amide bonds. The van der Waals surface area contributed by atoms with E-state index in [2.05, 4.69) is 14.8 Å². The molecule has 1 unspecified atom stereocenters. The van der Waals surface area contributed by atoms with E-state index in [1.807, 2.05) is 54.2 Å². The van der Waals surface area contributed by atoms with Crippen LogP contribution in [-0.2, 0) is 18.3 Å². The van der Waals surface area contributed by atoms with Gasteiger partial charge in [-0.2, -0.15) is 0 Å². The van der Waals surface area contributed by atoms with Crippen LogP contribution < -0.4 is 4.74 Å². The summed E-state index contributed by atoms with van der Waals surface area (Å²) in [5.74, 6) is 1.95. The Bertz CT molecular complexity index is 974. The predicted octanol–water partition coefficient (Wildman–Crippen LogP) is 3.45. The van der Waals surface area contributed by atoms with Crippen molar-refractivity contribution < 1.29 is 14.3 Å². The Morgan fingerprint density at radius 3 is 2.76 bits per heavy atom. The number of carbonyl (C=O) groups excluding carboxylic acids is 1. The molecular weight excluding hydrogens is 388 g/mol. The highest BCUT2D eigenvalue weighted by Crippen LogP contribution is 2.28. The van der Waals surface area contributed by atoms with Crippen molar-refractivity contribution in [1.29, 1.82) is 0 Å². The van der Waals surface area contributed by atoms with Gasteiger partial charge in [-0.05, 0) is 49.2 Å². The van der Waals surface area contributed by atoms with Crippen LogP contribution in [0.1, 0.15) is 23.3 Å². The number of aromatic nitrogens is 4. The summed E-state index contributed by atoms with van der Waals surface area (Å²) < 4.78 is 15.0. The Morgan fingerprint density at radius 1 is 1.28 bits per heavy atom. The molecule has 1 fully saturated rings. The second-order valence-corrected chi connectivity index (χ2v) is 7.94. The number of hydrogen-bond acceptors (Lipinski definition) is 6.